The van der Waals surface area contributed by atoms with Crippen LogP contribution >= 0.6 is 12.6 Å². The number of hydrogen-bond donors (Lipinski definition) is 3. The van der Waals surface area contributed by atoms with Crippen LogP contribution in [0.3, 0.4) is 0 Å². The van der Waals surface area contributed by atoms with Gasteiger partial charge in [-0.05, 0) is 30.3 Å². The number of hydrogen-bond acceptors (Lipinski definition) is 3. The molecule has 1 heterocycles. The molecule has 0 bridgehead atoms. The molecule has 0 saturated heterocycles. The van der Waals surface area contributed by atoms with Crippen molar-refractivity contribution < 1.29 is 4.79 Å². The molecule has 2 aromatic carbocycles. The fraction of sp³-hybridized carbons (Fsp3) is 0. The molecule has 4 nitrogen and oxygen atoms in total. The van der Waals surface area contributed by atoms with Gasteiger partial charge in [0.15, 0.2) is 0 Å². The van der Waals surface area contributed by atoms with Crippen molar-refractivity contribution >= 4 is 35.3 Å². The van der Waals surface area contributed by atoms with Gasteiger partial charge in [0.1, 0.15) is 0 Å². The van der Waals surface area contributed by atoms with E-state index in [9.17, 15) is 4.79 Å². The molecule has 19 heavy (non-hydrogen) atoms. The Balaban J connectivity index is 1.89. The molecule has 1 aromatic heterocycles. The number of carbonyl (C=O) groups excluding carboxylic acids is 1. The van der Waals surface area contributed by atoms with Gasteiger partial charge in [-0.1, -0.05) is 12.1 Å². The van der Waals surface area contributed by atoms with E-state index >= 15 is 0 Å². The summed E-state index contributed by atoms with van der Waals surface area (Å²) in [6.45, 7) is 0. The van der Waals surface area contributed by atoms with Crippen molar-refractivity contribution in [2.24, 2.45) is 0 Å². The molecule has 1 amide bonds. The first-order valence-electron chi connectivity index (χ1n) is 5.76. The van der Waals surface area contributed by atoms with Crippen LogP contribution < -0.4 is 5.32 Å². The minimum atomic E-state index is -0.169. The smallest absolute Gasteiger partial charge is 0.255 e. The van der Waals surface area contributed by atoms with Gasteiger partial charge in [-0.25, -0.2) is 4.98 Å². The van der Waals surface area contributed by atoms with E-state index in [1.807, 2.05) is 30.3 Å². The molecule has 3 rings (SSSR count). The largest absolute Gasteiger partial charge is 0.345 e. The second kappa shape index (κ2) is 4.78. The Morgan fingerprint density at radius 2 is 2.05 bits per heavy atom. The summed E-state index contributed by atoms with van der Waals surface area (Å²) in [6, 6.07) is 12.7. The number of H-pyrrole nitrogens is 1. The molecule has 0 aliphatic rings. The van der Waals surface area contributed by atoms with Crippen LogP contribution in [0.25, 0.3) is 11.0 Å². The molecule has 0 aliphatic heterocycles. The van der Waals surface area contributed by atoms with Gasteiger partial charge in [-0.2, -0.15) is 0 Å². The van der Waals surface area contributed by atoms with Crippen LogP contribution in [0.1, 0.15) is 10.4 Å². The zero-order valence-corrected chi connectivity index (χ0v) is 10.8. The Morgan fingerprint density at radius 3 is 2.89 bits per heavy atom. The molecule has 0 radical (unpaired) electrons. The summed E-state index contributed by atoms with van der Waals surface area (Å²) in [5.41, 5.74) is 2.95. The van der Waals surface area contributed by atoms with Crippen LogP contribution in [0.15, 0.2) is 53.7 Å². The molecular formula is C14H11N3OS. The van der Waals surface area contributed by atoms with Crippen LogP contribution in [0.2, 0.25) is 0 Å². The SMILES string of the molecule is O=C(Nc1ccccc1S)c1ccc2nc[nH]c2c1. The second-order valence-corrected chi connectivity index (χ2v) is 4.59. The monoisotopic (exact) mass is 269 g/mol. The number of aromatic amines is 1. The van der Waals surface area contributed by atoms with Crippen molar-refractivity contribution in [2.45, 2.75) is 4.90 Å². The van der Waals surface area contributed by atoms with Crippen molar-refractivity contribution in [3.8, 4) is 0 Å². The van der Waals surface area contributed by atoms with E-state index in [-0.39, 0.29) is 5.91 Å². The molecular weight excluding hydrogens is 258 g/mol. The van der Waals surface area contributed by atoms with Crippen LogP contribution in [0.4, 0.5) is 5.69 Å². The predicted octanol–water partition coefficient (Wildman–Crippen LogP) is 3.10. The standard InChI is InChI=1S/C14H11N3OS/c18-14(17-11-3-1-2-4-13(11)19)9-5-6-10-12(7-9)16-8-15-10/h1-8,19H,(H,15,16)(H,17,18). The van der Waals surface area contributed by atoms with Gasteiger partial charge in [0.25, 0.3) is 5.91 Å². The van der Waals surface area contributed by atoms with Crippen molar-refractivity contribution in [2.75, 3.05) is 5.32 Å². The van der Waals surface area contributed by atoms with Crippen molar-refractivity contribution in [3.05, 3.63) is 54.4 Å². The molecule has 0 atom stereocenters. The summed E-state index contributed by atoms with van der Waals surface area (Å²) in [5.74, 6) is -0.169. The summed E-state index contributed by atoms with van der Waals surface area (Å²) in [4.78, 5) is 20.0. The van der Waals surface area contributed by atoms with Crippen LogP contribution in [0.5, 0.6) is 0 Å². The van der Waals surface area contributed by atoms with Crippen molar-refractivity contribution in [1.29, 1.82) is 0 Å². The maximum Gasteiger partial charge on any atom is 0.255 e. The summed E-state index contributed by atoms with van der Waals surface area (Å²) in [7, 11) is 0. The quantitative estimate of drug-likeness (QED) is 0.626. The minimum Gasteiger partial charge on any atom is -0.345 e. The third-order valence-electron chi connectivity index (χ3n) is 2.83. The highest BCUT2D eigenvalue weighted by Gasteiger charge is 2.09. The molecule has 0 aliphatic carbocycles. The number of anilines is 1. The second-order valence-electron chi connectivity index (χ2n) is 4.11. The van der Waals surface area contributed by atoms with E-state index < -0.39 is 0 Å². The molecule has 0 saturated carbocycles. The Morgan fingerprint density at radius 1 is 1.21 bits per heavy atom. The Bertz CT molecular complexity index is 751. The number of imidazole rings is 1. The zero-order chi connectivity index (χ0) is 13.2. The first-order valence-corrected chi connectivity index (χ1v) is 6.21. The highest BCUT2D eigenvalue weighted by molar-refractivity contribution is 7.80. The van der Waals surface area contributed by atoms with E-state index in [1.165, 1.54) is 0 Å². The Kier molecular flexibility index (Phi) is 2.97. The first kappa shape index (κ1) is 11.8. The number of para-hydroxylation sites is 1. The maximum atomic E-state index is 12.2. The van der Waals surface area contributed by atoms with Crippen LogP contribution in [-0.4, -0.2) is 15.9 Å². The lowest BCUT2D eigenvalue weighted by Gasteiger charge is -2.07. The van der Waals surface area contributed by atoms with Gasteiger partial charge in [-0.3, -0.25) is 4.79 Å². The highest BCUT2D eigenvalue weighted by atomic mass is 32.1. The average Bonchev–Trinajstić information content (AvgIpc) is 2.88. The molecule has 2 N–H and O–H groups in total. The Hall–Kier alpha value is -2.27. The number of aromatic nitrogens is 2. The van der Waals surface area contributed by atoms with Gasteiger partial charge in [0, 0.05) is 10.5 Å². The molecule has 0 fully saturated rings. The molecule has 0 unspecified atom stereocenters. The van der Waals surface area contributed by atoms with Gasteiger partial charge in [0.05, 0.1) is 23.0 Å². The summed E-state index contributed by atoms with van der Waals surface area (Å²) in [6.07, 6.45) is 1.61. The van der Waals surface area contributed by atoms with Gasteiger partial charge >= 0.3 is 0 Å². The van der Waals surface area contributed by atoms with Crippen LogP contribution in [0, 0.1) is 0 Å². The number of carbonyl (C=O) groups is 1. The summed E-state index contributed by atoms with van der Waals surface area (Å²) >= 11 is 4.30. The van der Waals surface area contributed by atoms with E-state index in [2.05, 4.69) is 27.9 Å². The predicted molar refractivity (Wildman–Crippen MR) is 77.7 cm³/mol. The lowest BCUT2D eigenvalue weighted by molar-refractivity contribution is 0.102. The average molecular weight is 269 g/mol. The first-order chi connectivity index (χ1) is 9.24. The number of fused-ring (bicyclic) bond motifs is 1. The maximum absolute atomic E-state index is 12.2. The number of amides is 1. The molecule has 5 heteroatoms. The number of rotatable bonds is 2. The number of nitrogens with zero attached hydrogens (tertiary/aromatic N) is 1. The topological polar surface area (TPSA) is 57.8 Å². The van der Waals surface area contributed by atoms with E-state index in [1.54, 1.807) is 18.5 Å². The van der Waals surface area contributed by atoms with Crippen molar-refractivity contribution in [3.63, 3.8) is 0 Å². The van der Waals surface area contributed by atoms with E-state index in [0.29, 0.717) is 11.3 Å². The minimum absolute atomic E-state index is 0.169. The van der Waals surface area contributed by atoms with Gasteiger partial charge in [-0.15, -0.1) is 12.6 Å². The third kappa shape index (κ3) is 2.32. The Labute approximate surface area is 115 Å². The van der Waals surface area contributed by atoms with Crippen molar-refractivity contribution in [1.82, 2.24) is 9.97 Å². The molecule has 94 valence electrons. The number of thiol groups is 1. The van der Waals surface area contributed by atoms with Crippen LogP contribution in [-0.2, 0) is 0 Å². The summed E-state index contributed by atoms with van der Waals surface area (Å²) < 4.78 is 0. The zero-order valence-electron chi connectivity index (χ0n) is 9.92. The number of nitrogens with one attached hydrogen (secondary N) is 2. The fourth-order valence-corrected chi connectivity index (χ4v) is 2.07. The van der Waals surface area contributed by atoms with E-state index in [4.69, 9.17) is 0 Å². The summed E-state index contributed by atoms with van der Waals surface area (Å²) in [5, 5.41) is 2.83. The third-order valence-corrected chi connectivity index (χ3v) is 3.22. The highest BCUT2D eigenvalue weighted by Crippen LogP contribution is 2.20. The lowest BCUT2D eigenvalue weighted by Crippen LogP contribution is -2.12. The molecule has 0 spiro atoms. The van der Waals surface area contributed by atoms with Gasteiger partial charge in [0.2, 0.25) is 0 Å². The lowest BCUT2D eigenvalue weighted by atomic mass is 10.2. The van der Waals surface area contributed by atoms with Gasteiger partial charge < -0.3 is 10.3 Å². The number of benzene rings is 2. The normalized spacial score (nSPS) is 10.6. The fourth-order valence-electron chi connectivity index (χ4n) is 1.85. The molecule has 3 aromatic rings. The van der Waals surface area contributed by atoms with E-state index in [0.717, 1.165) is 15.9 Å².